The average molecular weight is 239 g/mol. The van der Waals surface area contributed by atoms with Crippen molar-refractivity contribution in [2.45, 2.75) is 6.42 Å². The first-order valence-electron chi connectivity index (χ1n) is 5.91. The Hall–Kier alpha value is -2.29. The molecule has 2 aromatic carbocycles. The van der Waals surface area contributed by atoms with E-state index in [1.54, 1.807) is 12.1 Å². The summed E-state index contributed by atoms with van der Waals surface area (Å²) in [6.07, 6.45) is 0.791. The van der Waals surface area contributed by atoms with Gasteiger partial charge < -0.3 is 10.2 Å². The maximum Gasteiger partial charge on any atom is 0.158 e. The van der Waals surface area contributed by atoms with E-state index in [1.165, 1.54) is 0 Å². The quantitative estimate of drug-likeness (QED) is 0.751. The minimum Gasteiger partial charge on any atom is -0.504 e. The van der Waals surface area contributed by atoms with Crippen LogP contribution in [0.4, 0.5) is 0 Å². The zero-order chi connectivity index (χ0) is 12.5. The van der Waals surface area contributed by atoms with Gasteiger partial charge in [0.2, 0.25) is 0 Å². The lowest BCUT2D eigenvalue weighted by molar-refractivity contribution is 0.403. The van der Waals surface area contributed by atoms with E-state index in [0.717, 1.165) is 28.8 Å². The van der Waals surface area contributed by atoms with Crippen molar-refractivity contribution in [1.82, 2.24) is 0 Å². The SMILES string of the molecule is Oc1cc2c(cc1O)C(c1ccccc1)=NCC2. The number of fused-ring (bicyclic) bond motifs is 1. The highest BCUT2D eigenvalue weighted by Crippen LogP contribution is 2.31. The molecule has 0 amide bonds. The summed E-state index contributed by atoms with van der Waals surface area (Å²) in [5.74, 6) is -0.164. The second-order valence-electron chi connectivity index (χ2n) is 4.34. The van der Waals surface area contributed by atoms with Gasteiger partial charge in [0.15, 0.2) is 11.5 Å². The van der Waals surface area contributed by atoms with Gasteiger partial charge in [-0.15, -0.1) is 0 Å². The van der Waals surface area contributed by atoms with Crippen molar-refractivity contribution < 1.29 is 10.2 Å². The predicted molar refractivity (Wildman–Crippen MR) is 70.4 cm³/mol. The number of benzene rings is 2. The van der Waals surface area contributed by atoms with Crippen molar-refractivity contribution in [3.63, 3.8) is 0 Å². The molecule has 2 N–H and O–H groups in total. The second-order valence-corrected chi connectivity index (χ2v) is 4.34. The molecule has 0 radical (unpaired) electrons. The second kappa shape index (κ2) is 4.18. The molecule has 0 saturated heterocycles. The van der Waals surface area contributed by atoms with E-state index in [2.05, 4.69) is 4.99 Å². The van der Waals surface area contributed by atoms with E-state index in [1.807, 2.05) is 30.3 Å². The van der Waals surface area contributed by atoms with E-state index in [-0.39, 0.29) is 11.5 Å². The number of hydrogen-bond acceptors (Lipinski definition) is 3. The van der Waals surface area contributed by atoms with Crippen LogP contribution in [0, 0.1) is 0 Å². The van der Waals surface area contributed by atoms with Crippen LogP contribution < -0.4 is 0 Å². The maximum atomic E-state index is 9.63. The average Bonchev–Trinajstić information content (AvgIpc) is 2.40. The molecule has 1 heterocycles. The molecule has 0 unspecified atom stereocenters. The molecule has 1 aliphatic rings. The lowest BCUT2D eigenvalue weighted by atomic mass is 9.93. The summed E-state index contributed by atoms with van der Waals surface area (Å²) in [5, 5.41) is 19.2. The fourth-order valence-corrected chi connectivity index (χ4v) is 2.26. The molecule has 18 heavy (non-hydrogen) atoms. The Labute approximate surface area is 105 Å². The van der Waals surface area contributed by atoms with E-state index < -0.39 is 0 Å². The number of nitrogens with zero attached hydrogens (tertiary/aromatic N) is 1. The minimum atomic E-state index is -0.0979. The van der Waals surface area contributed by atoms with Crippen LogP contribution in [0.15, 0.2) is 47.5 Å². The van der Waals surface area contributed by atoms with Crippen molar-refractivity contribution in [3.8, 4) is 11.5 Å². The van der Waals surface area contributed by atoms with Crippen LogP contribution in [0.1, 0.15) is 16.7 Å². The Morgan fingerprint density at radius 1 is 0.944 bits per heavy atom. The summed E-state index contributed by atoms with van der Waals surface area (Å²) in [4.78, 5) is 4.54. The Morgan fingerprint density at radius 2 is 1.67 bits per heavy atom. The van der Waals surface area contributed by atoms with Crippen molar-refractivity contribution in [1.29, 1.82) is 0 Å². The van der Waals surface area contributed by atoms with E-state index >= 15 is 0 Å². The minimum absolute atomic E-state index is 0.0666. The van der Waals surface area contributed by atoms with Gasteiger partial charge >= 0.3 is 0 Å². The third-order valence-electron chi connectivity index (χ3n) is 3.15. The monoisotopic (exact) mass is 239 g/mol. The van der Waals surface area contributed by atoms with Gasteiger partial charge in [-0.25, -0.2) is 0 Å². The lowest BCUT2D eigenvalue weighted by Gasteiger charge is -2.18. The van der Waals surface area contributed by atoms with Crippen molar-refractivity contribution in [3.05, 3.63) is 59.2 Å². The summed E-state index contributed by atoms with van der Waals surface area (Å²) in [7, 11) is 0. The Kier molecular flexibility index (Phi) is 2.52. The standard InChI is InChI=1S/C15H13NO2/c17-13-8-11-6-7-16-15(12(11)9-14(13)18)10-4-2-1-3-5-10/h1-5,8-9,17-18H,6-7H2. The molecule has 0 aliphatic carbocycles. The predicted octanol–water partition coefficient (Wildman–Crippen LogP) is 2.49. The summed E-state index contributed by atoms with van der Waals surface area (Å²) < 4.78 is 0. The highest BCUT2D eigenvalue weighted by molar-refractivity contribution is 6.14. The molecule has 0 saturated carbocycles. The zero-order valence-electron chi connectivity index (χ0n) is 9.80. The first-order valence-corrected chi connectivity index (χ1v) is 5.91. The number of aliphatic imine (C=N–C) groups is 1. The molecular weight excluding hydrogens is 226 g/mol. The molecule has 1 aliphatic heterocycles. The molecule has 2 aromatic rings. The number of rotatable bonds is 1. The lowest BCUT2D eigenvalue weighted by Crippen LogP contribution is -2.13. The summed E-state index contributed by atoms with van der Waals surface area (Å²) in [6, 6.07) is 13.1. The topological polar surface area (TPSA) is 52.8 Å². The van der Waals surface area contributed by atoms with Crippen molar-refractivity contribution in [2.24, 2.45) is 4.99 Å². The Morgan fingerprint density at radius 3 is 2.44 bits per heavy atom. The Bertz CT molecular complexity index is 618. The smallest absolute Gasteiger partial charge is 0.158 e. The third-order valence-corrected chi connectivity index (χ3v) is 3.15. The van der Waals surface area contributed by atoms with Gasteiger partial charge in [-0.1, -0.05) is 30.3 Å². The van der Waals surface area contributed by atoms with Gasteiger partial charge in [-0.3, -0.25) is 4.99 Å². The number of phenols is 2. The Balaban J connectivity index is 2.16. The van der Waals surface area contributed by atoms with Crippen LogP contribution in [0.2, 0.25) is 0 Å². The van der Waals surface area contributed by atoms with E-state index in [0.29, 0.717) is 6.54 Å². The van der Waals surface area contributed by atoms with Gasteiger partial charge in [0.1, 0.15) is 0 Å². The van der Waals surface area contributed by atoms with Gasteiger partial charge in [0.05, 0.1) is 5.71 Å². The van der Waals surface area contributed by atoms with E-state index in [4.69, 9.17) is 0 Å². The first-order chi connectivity index (χ1) is 8.75. The molecule has 3 rings (SSSR count). The van der Waals surface area contributed by atoms with Crippen LogP contribution in [-0.2, 0) is 6.42 Å². The van der Waals surface area contributed by atoms with Crippen LogP contribution in [0.5, 0.6) is 11.5 Å². The van der Waals surface area contributed by atoms with Gasteiger partial charge in [0.25, 0.3) is 0 Å². The summed E-state index contributed by atoms with van der Waals surface area (Å²) in [6.45, 7) is 0.710. The number of phenolic OH excluding ortho intramolecular Hbond substituents is 2. The fraction of sp³-hybridized carbons (Fsp3) is 0.133. The van der Waals surface area contributed by atoms with Crippen molar-refractivity contribution in [2.75, 3.05) is 6.54 Å². The molecule has 0 spiro atoms. The fourth-order valence-electron chi connectivity index (χ4n) is 2.26. The molecule has 0 fully saturated rings. The van der Waals surface area contributed by atoms with Crippen LogP contribution in [0.25, 0.3) is 0 Å². The zero-order valence-corrected chi connectivity index (χ0v) is 9.80. The summed E-state index contributed by atoms with van der Waals surface area (Å²) in [5.41, 5.74) is 3.84. The maximum absolute atomic E-state index is 9.63. The van der Waals surface area contributed by atoms with Crippen molar-refractivity contribution >= 4 is 5.71 Å². The summed E-state index contributed by atoms with van der Waals surface area (Å²) >= 11 is 0. The number of hydrogen-bond donors (Lipinski definition) is 2. The van der Waals surface area contributed by atoms with E-state index in [9.17, 15) is 10.2 Å². The highest BCUT2D eigenvalue weighted by atomic mass is 16.3. The molecule has 0 aromatic heterocycles. The molecule has 0 atom stereocenters. The largest absolute Gasteiger partial charge is 0.504 e. The van der Waals surface area contributed by atoms with Crippen LogP contribution in [-0.4, -0.2) is 22.5 Å². The third kappa shape index (κ3) is 1.74. The molecular formula is C15H13NO2. The molecule has 3 nitrogen and oxygen atoms in total. The molecule has 90 valence electrons. The van der Waals surface area contributed by atoms with Crippen LogP contribution >= 0.6 is 0 Å². The van der Waals surface area contributed by atoms with Gasteiger partial charge in [-0.05, 0) is 24.1 Å². The highest BCUT2D eigenvalue weighted by Gasteiger charge is 2.18. The molecule has 3 heteroatoms. The number of aromatic hydroxyl groups is 2. The normalized spacial score (nSPS) is 13.9. The van der Waals surface area contributed by atoms with Gasteiger partial charge in [0, 0.05) is 17.7 Å². The molecule has 0 bridgehead atoms. The first kappa shape index (κ1) is 10.8. The van der Waals surface area contributed by atoms with Crippen LogP contribution in [0.3, 0.4) is 0 Å². The van der Waals surface area contributed by atoms with Gasteiger partial charge in [-0.2, -0.15) is 0 Å².